The predicted octanol–water partition coefficient (Wildman–Crippen LogP) is -0.639. The Balaban J connectivity index is 1.99. The van der Waals surface area contributed by atoms with E-state index in [-0.39, 0.29) is 32.6 Å². The lowest BCUT2D eigenvalue weighted by atomic mass is 9.91. The first kappa shape index (κ1) is 24.0. The van der Waals surface area contributed by atoms with Gasteiger partial charge in [-0.05, 0) is 31.7 Å². The van der Waals surface area contributed by atoms with Crippen LogP contribution in [0.5, 0.6) is 0 Å². The predicted molar refractivity (Wildman–Crippen MR) is 119 cm³/mol. The maximum atomic E-state index is 13.5. The van der Waals surface area contributed by atoms with Crippen molar-refractivity contribution in [1.82, 2.24) is 26.2 Å². The van der Waals surface area contributed by atoms with Crippen LogP contribution in [0.25, 0.3) is 0 Å². The van der Waals surface area contributed by atoms with Gasteiger partial charge >= 0.3 is 0 Å². The molecule has 5 amide bonds. The van der Waals surface area contributed by atoms with Gasteiger partial charge in [-0.25, -0.2) is 0 Å². The van der Waals surface area contributed by atoms with Crippen LogP contribution in [0.1, 0.15) is 31.7 Å². The maximum Gasteiger partial charge on any atom is 0.246 e. The molecular weight excluding hydrogens is 426 g/mol. The Labute approximate surface area is 192 Å². The van der Waals surface area contributed by atoms with Crippen molar-refractivity contribution in [2.45, 2.75) is 44.3 Å². The van der Waals surface area contributed by atoms with Crippen molar-refractivity contribution in [2.75, 3.05) is 19.6 Å². The number of carbonyl (C=O) groups excluding carboxylic acids is 5. The second-order valence-electron chi connectivity index (χ2n) is 8.28. The molecule has 2 aliphatic heterocycles. The molecule has 0 saturated carbocycles. The van der Waals surface area contributed by atoms with Gasteiger partial charge in [0.1, 0.15) is 11.6 Å². The average Bonchev–Trinajstić information content (AvgIpc) is 2.88. The molecule has 2 bridgehead atoms. The van der Waals surface area contributed by atoms with Crippen LogP contribution in [0.2, 0.25) is 0 Å². The van der Waals surface area contributed by atoms with Crippen molar-refractivity contribution in [3.63, 3.8) is 0 Å². The van der Waals surface area contributed by atoms with Crippen molar-refractivity contribution in [3.05, 3.63) is 48.0 Å². The average molecular weight is 456 g/mol. The molecule has 2 aliphatic rings. The van der Waals surface area contributed by atoms with Crippen LogP contribution in [-0.4, -0.2) is 65.7 Å². The molecule has 0 radical (unpaired) electrons. The summed E-state index contributed by atoms with van der Waals surface area (Å²) in [7, 11) is 0. The Kier molecular flexibility index (Phi) is 7.81. The zero-order valence-electron chi connectivity index (χ0n) is 18.6. The SMILES string of the molecule is C[C@]12CC/C=C\C[C@H](NC1=O)C(=O)NCC(=O)NCC(=O)NCC(=O)N2Cc1ccccc1. The Morgan fingerprint density at radius 2 is 1.58 bits per heavy atom. The Bertz CT molecular complexity index is 948. The third-order valence-corrected chi connectivity index (χ3v) is 5.83. The summed E-state index contributed by atoms with van der Waals surface area (Å²) in [6.07, 6.45) is 4.79. The minimum Gasteiger partial charge on any atom is -0.346 e. The van der Waals surface area contributed by atoms with Gasteiger partial charge in [0, 0.05) is 6.54 Å². The molecule has 10 nitrogen and oxygen atoms in total. The lowest BCUT2D eigenvalue weighted by Gasteiger charge is -2.40. The smallest absolute Gasteiger partial charge is 0.246 e. The van der Waals surface area contributed by atoms with Crippen molar-refractivity contribution < 1.29 is 24.0 Å². The standard InChI is InChI=1S/C23H29N5O5/c1-23-11-7-3-6-10-17(27-22(23)33)21(32)26-13-19(30)24-12-18(29)25-14-20(31)28(23)15-16-8-4-2-5-9-16/h2-6,8-9,17H,7,10-15H2,1H3,(H,24,30)(H,25,29)(H,26,32)(H,27,33)/b6-3-/t17-,23-/m0/s1. The molecule has 0 aliphatic carbocycles. The van der Waals surface area contributed by atoms with Crippen LogP contribution in [0.15, 0.2) is 42.5 Å². The number of nitrogens with one attached hydrogen (secondary N) is 4. The molecule has 33 heavy (non-hydrogen) atoms. The number of benzene rings is 1. The molecule has 3 rings (SSSR count). The quantitative estimate of drug-likeness (QED) is 0.440. The number of fused-ring (bicyclic) bond motifs is 3. The first-order chi connectivity index (χ1) is 15.8. The second-order valence-corrected chi connectivity index (χ2v) is 8.28. The molecule has 0 aromatic heterocycles. The summed E-state index contributed by atoms with van der Waals surface area (Å²) in [5.41, 5.74) is -0.458. The van der Waals surface area contributed by atoms with Crippen LogP contribution in [-0.2, 0) is 30.5 Å². The van der Waals surface area contributed by atoms with E-state index >= 15 is 0 Å². The molecule has 1 fully saturated rings. The summed E-state index contributed by atoms with van der Waals surface area (Å²) >= 11 is 0. The molecule has 1 aromatic carbocycles. The molecule has 1 aromatic rings. The van der Waals surface area contributed by atoms with Gasteiger partial charge in [0.2, 0.25) is 29.5 Å². The highest BCUT2D eigenvalue weighted by atomic mass is 16.2. The Morgan fingerprint density at radius 1 is 0.909 bits per heavy atom. The molecule has 0 spiro atoms. The first-order valence-corrected chi connectivity index (χ1v) is 10.9. The van der Waals surface area contributed by atoms with E-state index in [0.29, 0.717) is 12.8 Å². The monoisotopic (exact) mass is 455 g/mol. The molecule has 10 heteroatoms. The lowest BCUT2D eigenvalue weighted by Crippen LogP contribution is -2.62. The number of rotatable bonds is 2. The van der Waals surface area contributed by atoms with E-state index in [1.807, 2.05) is 42.5 Å². The lowest BCUT2D eigenvalue weighted by molar-refractivity contribution is -0.149. The van der Waals surface area contributed by atoms with Crippen LogP contribution < -0.4 is 21.3 Å². The van der Waals surface area contributed by atoms with E-state index in [1.54, 1.807) is 6.92 Å². The van der Waals surface area contributed by atoms with Gasteiger partial charge in [-0.3, -0.25) is 24.0 Å². The number of hydrogen-bond acceptors (Lipinski definition) is 5. The summed E-state index contributed by atoms with van der Waals surface area (Å²) < 4.78 is 0. The van der Waals surface area contributed by atoms with Crippen molar-refractivity contribution in [3.8, 4) is 0 Å². The molecular formula is C23H29N5O5. The van der Waals surface area contributed by atoms with Gasteiger partial charge in [-0.2, -0.15) is 0 Å². The second kappa shape index (κ2) is 10.8. The minimum absolute atomic E-state index is 0.150. The summed E-state index contributed by atoms with van der Waals surface area (Å²) in [4.78, 5) is 65.0. The zero-order valence-corrected chi connectivity index (χ0v) is 18.6. The largest absolute Gasteiger partial charge is 0.346 e. The van der Waals surface area contributed by atoms with Gasteiger partial charge in [0.25, 0.3) is 0 Å². The van der Waals surface area contributed by atoms with Crippen molar-refractivity contribution >= 4 is 29.5 Å². The number of carbonyl (C=O) groups is 5. The number of allylic oxidation sites excluding steroid dienone is 1. The van der Waals surface area contributed by atoms with Crippen LogP contribution in [0.3, 0.4) is 0 Å². The Morgan fingerprint density at radius 3 is 2.30 bits per heavy atom. The van der Waals surface area contributed by atoms with Crippen molar-refractivity contribution in [1.29, 1.82) is 0 Å². The molecule has 176 valence electrons. The fourth-order valence-corrected chi connectivity index (χ4v) is 3.80. The topological polar surface area (TPSA) is 137 Å². The molecule has 1 saturated heterocycles. The zero-order chi connectivity index (χ0) is 23.8. The first-order valence-electron chi connectivity index (χ1n) is 10.9. The van der Waals surface area contributed by atoms with Crippen LogP contribution in [0, 0.1) is 0 Å². The van der Waals surface area contributed by atoms with E-state index in [2.05, 4.69) is 21.3 Å². The van der Waals surface area contributed by atoms with Crippen LogP contribution >= 0.6 is 0 Å². The van der Waals surface area contributed by atoms with E-state index in [9.17, 15) is 24.0 Å². The molecule has 2 atom stereocenters. The van der Waals surface area contributed by atoms with E-state index in [0.717, 1.165) is 5.56 Å². The fourth-order valence-electron chi connectivity index (χ4n) is 3.80. The summed E-state index contributed by atoms with van der Waals surface area (Å²) in [6, 6.07) is 8.33. The van der Waals surface area contributed by atoms with E-state index in [1.165, 1.54) is 4.90 Å². The number of amides is 5. The normalized spacial score (nSPS) is 26.4. The molecule has 2 heterocycles. The highest BCUT2D eigenvalue weighted by Crippen LogP contribution is 2.26. The minimum atomic E-state index is -1.28. The van der Waals surface area contributed by atoms with Gasteiger partial charge in [-0.1, -0.05) is 42.5 Å². The highest BCUT2D eigenvalue weighted by molar-refractivity contribution is 5.97. The summed E-state index contributed by atoms with van der Waals surface area (Å²) in [5.74, 6) is -2.55. The maximum absolute atomic E-state index is 13.5. The van der Waals surface area contributed by atoms with E-state index < -0.39 is 41.1 Å². The Hall–Kier alpha value is -3.69. The third-order valence-electron chi connectivity index (χ3n) is 5.83. The summed E-state index contributed by atoms with van der Waals surface area (Å²) in [6.45, 7) is 0.819. The van der Waals surface area contributed by atoms with Crippen molar-refractivity contribution in [2.24, 2.45) is 0 Å². The van der Waals surface area contributed by atoms with E-state index in [4.69, 9.17) is 0 Å². The molecule has 4 N–H and O–H groups in total. The fraction of sp³-hybridized carbons (Fsp3) is 0.435. The van der Waals surface area contributed by atoms with Gasteiger partial charge in [-0.15, -0.1) is 0 Å². The van der Waals surface area contributed by atoms with Crippen LogP contribution in [0.4, 0.5) is 0 Å². The van der Waals surface area contributed by atoms with Gasteiger partial charge in [0.15, 0.2) is 0 Å². The summed E-state index contributed by atoms with van der Waals surface area (Å²) in [5, 5.41) is 10.1. The highest BCUT2D eigenvalue weighted by Gasteiger charge is 2.43. The third kappa shape index (κ3) is 6.18. The van der Waals surface area contributed by atoms with Gasteiger partial charge in [0.05, 0.1) is 19.6 Å². The molecule has 0 unspecified atom stereocenters. The van der Waals surface area contributed by atoms with Gasteiger partial charge < -0.3 is 26.2 Å². The number of nitrogens with zero attached hydrogens (tertiary/aromatic N) is 1. The number of hydrogen-bond donors (Lipinski definition) is 4.